The van der Waals surface area contributed by atoms with Gasteiger partial charge in [-0.25, -0.2) is 14.4 Å². The Bertz CT molecular complexity index is 1100. The summed E-state index contributed by atoms with van der Waals surface area (Å²) >= 11 is 0. The van der Waals surface area contributed by atoms with Crippen LogP contribution < -0.4 is 10.1 Å². The molecule has 2 aromatic heterocycles. The second kappa shape index (κ2) is 10.9. The van der Waals surface area contributed by atoms with Gasteiger partial charge in [0.2, 0.25) is 5.82 Å². The molecule has 1 unspecified atom stereocenters. The molecule has 176 valence electrons. The number of aryl methyl sites for hydroxylation is 1. The van der Waals surface area contributed by atoms with E-state index in [-0.39, 0.29) is 37.3 Å². The molecule has 0 radical (unpaired) electrons. The van der Waals surface area contributed by atoms with E-state index in [1.54, 1.807) is 13.0 Å². The molecule has 1 amide bonds. The van der Waals surface area contributed by atoms with Gasteiger partial charge in [-0.15, -0.1) is 10.2 Å². The predicted molar refractivity (Wildman–Crippen MR) is 115 cm³/mol. The molecular weight excluding hydrogens is 433 g/mol. The lowest BCUT2D eigenvalue weighted by molar-refractivity contribution is -0.0959. The van der Waals surface area contributed by atoms with Gasteiger partial charge in [-0.2, -0.15) is 4.80 Å². The molecule has 0 bridgehead atoms. The quantitative estimate of drug-likeness (QED) is 0.560. The molecule has 1 atom stereocenters. The Hall–Kier alpha value is -3.51. The molecule has 1 saturated heterocycles. The summed E-state index contributed by atoms with van der Waals surface area (Å²) in [4.78, 5) is 22.6. The van der Waals surface area contributed by atoms with Gasteiger partial charge in [0.05, 0.1) is 33.5 Å². The second-order valence-corrected chi connectivity index (χ2v) is 7.07. The fraction of sp³-hybridized carbons (Fsp3) is 0.429. The van der Waals surface area contributed by atoms with E-state index in [1.165, 1.54) is 30.1 Å². The number of amides is 1. The number of carbonyl (C=O) groups excluding carboxylic acids is 1. The van der Waals surface area contributed by atoms with E-state index in [0.717, 1.165) is 0 Å². The molecule has 4 rings (SSSR count). The summed E-state index contributed by atoms with van der Waals surface area (Å²) in [5.41, 5.74) is 1.21. The van der Waals surface area contributed by atoms with E-state index in [0.29, 0.717) is 43.4 Å². The summed E-state index contributed by atoms with van der Waals surface area (Å²) in [7, 11) is 1.38. The van der Waals surface area contributed by atoms with Crippen molar-refractivity contribution >= 4 is 5.91 Å². The molecule has 1 fully saturated rings. The first-order chi connectivity index (χ1) is 15.5. The molecule has 11 nitrogen and oxygen atoms in total. The zero-order chi connectivity index (χ0) is 22.5. The van der Waals surface area contributed by atoms with Crippen LogP contribution in [0.4, 0.5) is 4.39 Å². The first-order valence-corrected chi connectivity index (χ1v) is 9.95. The van der Waals surface area contributed by atoms with Crippen LogP contribution in [0.15, 0.2) is 24.3 Å². The molecule has 0 spiro atoms. The minimum Gasteiger partial charge on any atom is -0.494 e. The highest BCUT2D eigenvalue weighted by Gasteiger charge is 2.19. The summed E-state index contributed by atoms with van der Waals surface area (Å²) in [6, 6.07) is 5.87. The van der Waals surface area contributed by atoms with Crippen LogP contribution in [-0.4, -0.2) is 69.1 Å². The Morgan fingerprint density at radius 3 is 2.91 bits per heavy atom. The Labute approximate surface area is 190 Å². The lowest BCUT2D eigenvalue weighted by Crippen LogP contribution is -2.33. The van der Waals surface area contributed by atoms with Gasteiger partial charge >= 0.3 is 0 Å². The monoisotopic (exact) mass is 459 g/mol. The number of rotatable bonds is 7. The van der Waals surface area contributed by atoms with Gasteiger partial charge in [-0.3, -0.25) is 4.79 Å². The number of benzene rings is 1. The van der Waals surface area contributed by atoms with Crippen LogP contribution >= 0.6 is 0 Å². The van der Waals surface area contributed by atoms with E-state index >= 15 is 0 Å². The van der Waals surface area contributed by atoms with Crippen LogP contribution in [0.5, 0.6) is 5.75 Å². The normalized spacial score (nSPS) is 15.5. The smallest absolute Gasteiger partial charge is 0.270 e. The van der Waals surface area contributed by atoms with Gasteiger partial charge in [0.1, 0.15) is 23.3 Å². The molecular formula is C21H26FN7O4. The van der Waals surface area contributed by atoms with E-state index in [9.17, 15) is 9.18 Å². The van der Waals surface area contributed by atoms with Crippen molar-refractivity contribution in [3.05, 3.63) is 47.2 Å². The highest BCUT2D eigenvalue weighted by molar-refractivity contribution is 5.93. The molecule has 1 aliphatic rings. The van der Waals surface area contributed by atoms with Crippen LogP contribution in [0.2, 0.25) is 0 Å². The van der Waals surface area contributed by atoms with Gasteiger partial charge in [0.15, 0.2) is 11.6 Å². The third-order valence-electron chi connectivity index (χ3n) is 4.67. The zero-order valence-corrected chi connectivity index (χ0v) is 17.6. The predicted octanol–water partition coefficient (Wildman–Crippen LogP) is 1.57. The molecule has 1 aliphatic heterocycles. The maximum absolute atomic E-state index is 13.6. The van der Waals surface area contributed by atoms with Gasteiger partial charge in [-0.05, 0) is 35.9 Å². The standard InChI is InChI=1S/C20H22FN7O4.CH4/c1-12-23-16(19-25-27-28(26-19)10-14-11-31-5-6-32-14)8-17(24-12)20(29)22-9-13-3-4-15(21)18(7-13)30-2;/h3-4,7-8,14H,5-6,9-11H2,1-2H3,(H,22,29);1H4. The third-order valence-corrected chi connectivity index (χ3v) is 4.67. The molecule has 0 aliphatic carbocycles. The number of nitrogens with zero attached hydrogens (tertiary/aromatic N) is 6. The second-order valence-electron chi connectivity index (χ2n) is 7.07. The van der Waals surface area contributed by atoms with Crippen LogP contribution in [0.3, 0.4) is 0 Å². The lowest BCUT2D eigenvalue weighted by atomic mass is 10.2. The van der Waals surface area contributed by atoms with Gasteiger partial charge in [-0.1, -0.05) is 13.5 Å². The van der Waals surface area contributed by atoms with Crippen LogP contribution in [0, 0.1) is 12.7 Å². The van der Waals surface area contributed by atoms with Gasteiger partial charge in [0, 0.05) is 6.54 Å². The van der Waals surface area contributed by atoms with Crippen molar-refractivity contribution in [3.8, 4) is 17.3 Å². The number of methoxy groups -OCH3 is 1. The van der Waals surface area contributed by atoms with Crippen molar-refractivity contribution in [3.63, 3.8) is 0 Å². The third kappa shape index (κ3) is 6.05. The Morgan fingerprint density at radius 1 is 1.30 bits per heavy atom. The summed E-state index contributed by atoms with van der Waals surface area (Å²) in [5.74, 6) is -0.126. The average Bonchev–Trinajstić information content (AvgIpc) is 3.27. The number of ether oxygens (including phenoxy) is 3. The Kier molecular flexibility index (Phi) is 7.96. The molecule has 0 saturated carbocycles. The SMILES string of the molecule is C.COc1cc(CNC(=O)c2cc(-c3nnn(CC4COCCO4)n3)nc(C)n2)ccc1F. The Balaban J connectivity index is 0.00000306. The summed E-state index contributed by atoms with van der Waals surface area (Å²) < 4.78 is 29.5. The number of tetrazole rings is 1. The van der Waals surface area contributed by atoms with Crippen LogP contribution in [-0.2, 0) is 22.6 Å². The average molecular weight is 459 g/mol. The summed E-state index contributed by atoms with van der Waals surface area (Å²) in [6.07, 6.45) is -0.149. The van der Waals surface area contributed by atoms with Crippen molar-refractivity contribution in [2.75, 3.05) is 26.9 Å². The minimum atomic E-state index is -0.471. The number of hydrogen-bond donors (Lipinski definition) is 1. The van der Waals surface area contributed by atoms with Crippen LogP contribution in [0.25, 0.3) is 11.5 Å². The van der Waals surface area contributed by atoms with E-state index in [2.05, 4.69) is 30.7 Å². The molecule has 3 heterocycles. The topological polar surface area (TPSA) is 126 Å². The largest absolute Gasteiger partial charge is 0.494 e. The molecule has 33 heavy (non-hydrogen) atoms. The summed E-state index contributed by atoms with van der Waals surface area (Å²) in [5, 5.41) is 15.1. The fourth-order valence-electron chi connectivity index (χ4n) is 3.13. The first kappa shape index (κ1) is 24.1. The van der Waals surface area contributed by atoms with E-state index < -0.39 is 11.7 Å². The van der Waals surface area contributed by atoms with Crippen LogP contribution in [0.1, 0.15) is 29.3 Å². The van der Waals surface area contributed by atoms with Gasteiger partial charge < -0.3 is 19.5 Å². The van der Waals surface area contributed by atoms with Gasteiger partial charge in [0.25, 0.3) is 5.91 Å². The molecule has 1 N–H and O–H groups in total. The zero-order valence-electron chi connectivity index (χ0n) is 17.6. The number of aromatic nitrogens is 6. The number of nitrogens with one attached hydrogen (secondary N) is 1. The van der Waals surface area contributed by atoms with E-state index in [1.807, 2.05) is 0 Å². The highest BCUT2D eigenvalue weighted by Crippen LogP contribution is 2.18. The summed E-state index contributed by atoms with van der Waals surface area (Å²) in [6.45, 7) is 3.81. The number of carbonyl (C=O) groups is 1. The van der Waals surface area contributed by atoms with Crippen molar-refractivity contribution in [2.45, 2.75) is 33.5 Å². The maximum Gasteiger partial charge on any atom is 0.270 e. The highest BCUT2D eigenvalue weighted by atomic mass is 19.1. The first-order valence-electron chi connectivity index (χ1n) is 9.95. The lowest BCUT2D eigenvalue weighted by Gasteiger charge is -2.21. The van der Waals surface area contributed by atoms with Crippen molar-refractivity contribution in [1.29, 1.82) is 0 Å². The molecule has 1 aromatic carbocycles. The van der Waals surface area contributed by atoms with Crippen molar-refractivity contribution < 1.29 is 23.4 Å². The maximum atomic E-state index is 13.6. The van der Waals surface area contributed by atoms with Crippen molar-refractivity contribution in [1.82, 2.24) is 35.5 Å². The molecule has 12 heteroatoms. The van der Waals surface area contributed by atoms with E-state index in [4.69, 9.17) is 14.2 Å². The molecule has 3 aromatic rings. The Morgan fingerprint density at radius 2 is 2.15 bits per heavy atom. The minimum absolute atomic E-state index is 0. The number of hydrogen-bond acceptors (Lipinski definition) is 9. The van der Waals surface area contributed by atoms with Crippen molar-refractivity contribution in [2.24, 2.45) is 0 Å². The number of halogens is 1. The fourth-order valence-corrected chi connectivity index (χ4v) is 3.13.